The lowest BCUT2D eigenvalue weighted by Crippen LogP contribution is -2.56. The number of carbonyl (C=O) groups is 3. The molecule has 4 fully saturated rings. The minimum atomic E-state index is -0.987. The van der Waals surface area contributed by atoms with Gasteiger partial charge in [-0.15, -0.1) is 0 Å². The largest absolute Gasteiger partial charge is 0.480 e. The average Bonchev–Trinajstić information content (AvgIpc) is 3.20. The van der Waals surface area contributed by atoms with Gasteiger partial charge >= 0.3 is 5.97 Å². The second-order valence-electron chi connectivity index (χ2n) is 12.3. The highest BCUT2D eigenvalue weighted by Crippen LogP contribution is 2.67. The molecule has 190 valence electrons. The zero-order valence-corrected chi connectivity index (χ0v) is 21.1. The van der Waals surface area contributed by atoms with E-state index in [1.165, 1.54) is 19.3 Å². The maximum absolute atomic E-state index is 12.9. The summed E-state index contributed by atoms with van der Waals surface area (Å²) in [7, 11) is 0. The van der Waals surface area contributed by atoms with Crippen LogP contribution >= 0.6 is 0 Å². The van der Waals surface area contributed by atoms with Gasteiger partial charge in [0.2, 0.25) is 5.91 Å². The van der Waals surface area contributed by atoms with Crippen molar-refractivity contribution >= 4 is 17.8 Å². The Bertz CT molecular complexity index is 980. The van der Waals surface area contributed by atoms with Crippen molar-refractivity contribution < 1.29 is 19.5 Å². The van der Waals surface area contributed by atoms with Gasteiger partial charge in [-0.25, -0.2) is 0 Å². The molecule has 0 saturated heterocycles. The highest BCUT2D eigenvalue weighted by atomic mass is 16.4. The zero-order chi connectivity index (χ0) is 24.8. The fourth-order valence-corrected chi connectivity index (χ4v) is 9.06. The van der Waals surface area contributed by atoms with Gasteiger partial charge in [0.1, 0.15) is 6.54 Å². The number of amides is 2. The van der Waals surface area contributed by atoms with Crippen molar-refractivity contribution in [2.24, 2.45) is 40.4 Å². The minimum absolute atomic E-state index is 0.0345. The molecule has 35 heavy (non-hydrogen) atoms. The number of carboxylic acid groups (broad SMARTS) is 1. The van der Waals surface area contributed by atoms with Gasteiger partial charge in [-0.3, -0.25) is 14.4 Å². The number of carboxylic acids is 1. The van der Waals surface area contributed by atoms with E-state index in [1.54, 1.807) is 0 Å². The molecule has 0 aliphatic heterocycles. The Morgan fingerprint density at radius 1 is 0.914 bits per heavy atom. The molecule has 2 amide bonds. The topological polar surface area (TPSA) is 95.5 Å². The summed E-state index contributed by atoms with van der Waals surface area (Å²) in [4.78, 5) is 36.7. The van der Waals surface area contributed by atoms with Crippen molar-refractivity contribution in [3.05, 3.63) is 35.9 Å². The van der Waals surface area contributed by atoms with Crippen LogP contribution in [0.15, 0.2) is 30.3 Å². The molecule has 1 aromatic rings. The number of nitrogens with one attached hydrogen (secondary N) is 2. The first kappa shape index (κ1) is 24.3. The maximum Gasteiger partial charge on any atom is 0.322 e. The number of carbonyl (C=O) groups excluding carboxylic acids is 2. The monoisotopic (exact) mass is 480 g/mol. The van der Waals surface area contributed by atoms with Crippen LogP contribution in [0.25, 0.3) is 0 Å². The number of rotatable bonds is 5. The van der Waals surface area contributed by atoms with Crippen LogP contribution in [-0.2, 0) is 9.59 Å². The molecule has 6 heteroatoms. The first-order valence-corrected chi connectivity index (χ1v) is 13.6. The van der Waals surface area contributed by atoms with Crippen molar-refractivity contribution in [1.29, 1.82) is 0 Å². The Morgan fingerprint density at radius 3 is 2.37 bits per heavy atom. The predicted molar refractivity (Wildman–Crippen MR) is 134 cm³/mol. The van der Waals surface area contributed by atoms with Crippen LogP contribution in [0.1, 0.15) is 82.0 Å². The van der Waals surface area contributed by atoms with Crippen LogP contribution in [0.4, 0.5) is 0 Å². The Balaban J connectivity index is 1.30. The number of benzene rings is 1. The minimum Gasteiger partial charge on any atom is -0.480 e. The molecule has 0 spiro atoms. The quantitative estimate of drug-likeness (QED) is 0.572. The molecule has 6 nitrogen and oxygen atoms in total. The third-order valence-electron chi connectivity index (χ3n) is 10.7. The molecule has 0 unspecified atom stereocenters. The lowest BCUT2D eigenvalue weighted by Gasteiger charge is -2.61. The lowest BCUT2D eigenvalue weighted by atomic mass is 9.44. The molecule has 0 heterocycles. The molecule has 4 aliphatic carbocycles. The van der Waals surface area contributed by atoms with Crippen molar-refractivity contribution in [3.63, 3.8) is 0 Å². The van der Waals surface area contributed by atoms with Crippen molar-refractivity contribution in [2.45, 2.75) is 77.7 Å². The third-order valence-corrected chi connectivity index (χ3v) is 10.7. The summed E-state index contributed by atoms with van der Waals surface area (Å²) in [5, 5.41) is 15.0. The van der Waals surface area contributed by atoms with E-state index >= 15 is 0 Å². The normalized spacial score (nSPS) is 40.1. The van der Waals surface area contributed by atoms with E-state index in [1.807, 2.05) is 30.3 Å². The Hall–Kier alpha value is -2.37. The number of aliphatic carboxylic acids is 1. The maximum atomic E-state index is 12.9. The molecule has 5 rings (SSSR count). The second-order valence-corrected chi connectivity index (χ2v) is 12.3. The van der Waals surface area contributed by atoms with Gasteiger partial charge in [0, 0.05) is 17.5 Å². The molecular weight excluding hydrogens is 440 g/mol. The third kappa shape index (κ3) is 4.27. The molecule has 8 atom stereocenters. The SMILES string of the molecule is C[C@]12C[C@H](NC(=O)c3ccccc3)CC[C@@H]1CC[C@@H]1[C@@H]2CC[C@]2(C)[C@@H](C(=O)NCC(=O)O)CC[C@@H]12. The van der Waals surface area contributed by atoms with E-state index in [0.29, 0.717) is 23.7 Å². The van der Waals surface area contributed by atoms with Crippen LogP contribution in [0, 0.1) is 40.4 Å². The Morgan fingerprint density at radius 2 is 1.63 bits per heavy atom. The van der Waals surface area contributed by atoms with Crippen LogP contribution in [0.2, 0.25) is 0 Å². The van der Waals surface area contributed by atoms with Crippen LogP contribution in [0.3, 0.4) is 0 Å². The molecule has 0 aromatic heterocycles. The van der Waals surface area contributed by atoms with E-state index in [-0.39, 0.29) is 41.1 Å². The highest BCUT2D eigenvalue weighted by Gasteiger charge is 2.61. The smallest absolute Gasteiger partial charge is 0.322 e. The Labute approximate surface area is 208 Å². The van der Waals surface area contributed by atoms with Crippen LogP contribution < -0.4 is 10.6 Å². The number of fused-ring (bicyclic) bond motifs is 5. The van der Waals surface area contributed by atoms with E-state index in [4.69, 9.17) is 5.11 Å². The summed E-state index contributed by atoms with van der Waals surface area (Å²) in [5.41, 5.74) is 0.913. The van der Waals surface area contributed by atoms with Crippen molar-refractivity contribution in [3.8, 4) is 0 Å². The van der Waals surface area contributed by atoms with Gasteiger partial charge in [-0.1, -0.05) is 32.0 Å². The number of hydrogen-bond donors (Lipinski definition) is 3. The van der Waals surface area contributed by atoms with E-state index in [0.717, 1.165) is 44.1 Å². The first-order chi connectivity index (χ1) is 16.7. The number of hydrogen-bond acceptors (Lipinski definition) is 3. The van der Waals surface area contributed by atoms with Crippen molar-refractivity contribution in [2.75, 3.05) is 6.54 Å². The first-order valence-electron chi connectivity index (χ1n) is 13.6. The molecule has 1 aromatic carbocycles. The van der Waals surface area contributed by atoms with Gasteiger partial charge in [0.05, 0.1) is 0 Å². The molecular formula is C29H40N2O4. The summed E-state index contributed by atoms with van der Waals surface area (Å²) in [6.45, 7) is 4.49. The van der Waals surface area contributed by atoms with Crippen LogP contribution in [0.5, 0.6) is 0 Å². The van der Waals surface area contributed by atoms with Gasteiger partial charge in [0.15, 0.2) is 0 Å². The standard InChI is InChI=1S/C29H40N2O4/c1-28-15-14-23-21(22(28)12-13-24(28)27(35)30-17-25(32)33)11-9-19-8-10-20(16-29(19,23)2)31-26(34)18-6-4-3-5-7-18/h3-7,19-24H,8-17H2,1-2H3,(H,30,35)(H,31,34)(H,32,33)/t19-,20-,21+,22+,23+,24-,28+,29+/m1/s1. The van der Waals surface area contributed by atoms with Gasteiger partial charge in [0.25, 0.3) is 5.91 Å². The fourth-order valence-electron chi connectivity index (χ4n) is 9.06. The predicted octanol–water partition coefficient (Wildman–Crippen LogP) is 4.64. The second kappa shape index (κ2) is 9.25. The van der Waals surface area contributed by atoms with Crippen molar-refractivity contribution in [1.82, 2.24) is 10.6 Å². The molecule has 0 radical (unpaired) electrons. The summed E-state index contributed by atoms with van der Waals surface area (Å²) < 4.78 is 0. The molecule has 4 aliphatic rings. The van der Waals surface area contributed by atoms with E-state index in [2.05, 4.69) is 24.5 Å². The van der Waals surface area contributed by atoms with E-state index < -0.39 is 5.97 Å². The lowest BCUT2D eigenvalue weighted by molar-refractivity contribution is -0.142. The highest BCUT2D eigenvalue weighted by molar-refractivity contribution is 5.94. The van der Waals surface area contributed by atoms with Gasteiger partial charge in [-0.2, -0.15) is 0 Å². The zero-order valence-electron chi connectivity index (χ0n) is 21.1. The Kier molecular flexibility index (Phi) is 6.43. The van der Waals surface area contributed by atoms with E-state index in [9.17, 15) is 14.4 Å². The summed E-state index contributed by atoms with van der Waals surface area (Å²) in [5.74, 6) is 1.39. The summed E-state index contributed by atoms with van der Waals surface area (Å²) in [6.07, 6.45) is 9.88. The molecule has 4 saturated carbocycles. The molecule has 0 bridgehead atoms. The molecule has 3 N–H and O–H groups in total. The van der Waals surface area contributed by atoms with Crippen LogP contribution in [-0.4, -0.2) is 35.5 Å². The summed E-state index contributed by atoms with van der Waals surface area (Å²) in [6, 6.07) is 9.73. The van der Waals surface area contributed by atoms with Gasteiger partial charge < -0.3 is 15.7 Å². The average molecular weight is 481 g/mol. The fraction of sp³-hybridized carbons (Fsp3) is 0.690. The van der Waals surface area contributed by atoms with Gasteiger partial charge in [-0.05, 0) is 104 Å². The summed E-state index contributed by atoms with van der Waals surface area (Å²) >= 11 is 0.